The van der Waals surface area contributed by atoms with Crippen LogP contribution in [0.2, 0.25) is 0 Å². The summed E-state index contributed by atoms with van der Waals surface area (Å²) in [6.07, 6.45) is 2.05. The van der Waals surface area contributed by atoms with E-state index in [0.29, 0.717) is 17.6 Å². The quantitative estimate of drug-likeness (QED) is 0.446. The largest absolute Gasteiger partial charge is 0.486 e. The lowest BCUT2D eigenvalue weighted by Gasteiger charge is -2.22. The second-order valence-corrected chi connectivity index (χ2v) is 4.23. The van der Waals surface area contributed by atoms with Crippen LogP contribution >= 0.6 is 0 Å². The molecule has 0 N–H and O–H groups in total. The number of rotatable bonds is 3. The maximum absolute atomic E-state index is 10.8. The molecule has 0 aliphatic carbocycles. The van der Waals surface area contributed by atoms with Crippen molar-refractivity contribution in [2.75, 3.05) is 0 Å². The highest BCUT2D eigenvalue weighted by Crippen LogP contribution is 2.32. The van der Waals surface area contributed by atoms with Crippen molar-refractivity contribution < 1.29 is 14.3 Å². The molecule has 0 bridgehead atoms. The Morgan fingerprint density at radius 3 is 2.56 bits per heavy atom. The van der Waals surface area contributed by atoms with Crippen molar-refractivity contribution in [1.29, 1.82) is 0 Å². The third-order valence-corrected chi connectivity index (χ3v) is 1.73. The Balaban J connectivity index is 3.27. The molecule has 4 nitrogen and oxygen atoms in total. The van der Waals surface area contributed by atoms with E-state index in [4.69, 9.17) is 4.74 Å². The molecule has 1 aromatic carbocycles. The molecule has 0 amide bonds. The lowest BCUT2D eigenvalue weighted by Crippen LogP contribution is -2.23. The summed E-state index contributed by atoms with van der Waals surface area (Å²) in [7, 11) is 0. The normalized spacial score (nSPS) is 10.4. The molecule has 4 heteroatoms. The van der Waals surface area contributed by atoms with E-state index in [2.05, 4.69) is 4.99 Å². The molecule has 0 radical (unpaired) electrons. The second kappa shape index (κ2) is 4.73. The molecule has 0 aliphatic heterocycles. The molecule has 0 saturated carbocycles. The molecule has 0 spiro atoms. The summed E-state index contributed by atoms with van der Waals surface area (Å²) in [6.45, 7) is 5.61. The standard InChI is InChI=1S/C12H13NO3/c1-12(2,3)16-10-6-4-5-9(7-14)11(10)13-8-15/h4-7H,1-3H3. The van der Waals surface area contributed by atoms with Gasteiger partial charge in [-0.15, -0.1) is 0 Å². The van der Waals surface area contributed by atoms with Crippen LogP contribution in [-0.2, 0) is 4.79 Å². The number of aliphatic imine (C=N–C) groups is 1. The Morgan fingerprint density at radius 2 is 2.06 bits per heavy atom. The average Bonchev–Trinajstić information content (AvgIpc) is 2.18. The molecule has 0 aliphatic rings. The highest BCUT2D eigenvalue weighted by molar-refractivity contribution is 5.86. The van der Waals surface area contributed by atoms with Gasteiger partial charge in [0.25, 0.3) is 0 Å². The van der Waals surface area contributed by atoms with Crippen LogP contribution in [0.3, 0.4) is 0 Å². The van der Waals surface area contributed by atoms with Gasteiger partial charge in [0, 0.05) is 5.56 Å². The number of carbonyl (C=O) groups is 1. The molecule has 0 fully saturated rings. The molecule has 16 heavy (non-hydrogen) atoms. The van der Waals surface area contributed by atoms with Gasteiger partial charge < -0.3 is 4.74 Å². The summed E-state index contributed by atoms with van der Waals surface area (Å²) in [5.74, 6) is 0.403. The molecule has 84 valence electrons. The van der Waals surface area contributed by atoms with Crippen LogP contribution in [0.15, 0.2) is 23.2 Å². The topological polar surface area (TPSA) is 55.7 Å². The highest BCUT2D eigenvalue weighted by atomic mass is 16.5. The molecule has 0 aromatic heterocycles. The second-order valence-electron chi connectivity index (χ2n) is 4.23. The number of hydrogen-bond acceptors (Lipinski definition) is 4. The van der Waals surface area contributed by atoms with Crippen LogP contribution in [0.5, 0.6) is 5.75 Å². The number of hydrogen-bond donors (Lipinski definition) is 0. The Morgan fingerprint density at radius 1 is 1.38 bits per heavy atom. The fourth-order valence-electron chi connectivity index (χ4n) is 1.21. The number of nitrogens with zero attached hydrogens (tertiary/aromatic N) is 1. The minimum absolute atomic E-state index is 0.224. The number of aldehydes is 1. The number of ether oxygens (including phenoxy) is 1. The van der Waals surface area contributed by atoms with Gasteiger partial charge in [0.1, 0.15) is 17.0 Å². The van der Waals surface area contributed by atoms with Gasteiger partial charge in [-0.3, -0.25) is 4.79 Å². The van der Waals surface area contributed by atoms with Crippen LogP contribution in [0.4, 0.5) is 5.69 Å². The molecule has 0 saturated heterocycles. The van der Waals surface area contributed by atoms with Crippen LogP contribution < -0.4 is 4.74 Å². The third-order valence-electron chi connectivity index (χ3n) is 1.73. The zero-order valence-corrected chi connectivity index (χ0v) is 9.48. The van der Waals surface area contributed by atoms with E-state index in [-0.39, 0.29) is 5.69 Å². The summed E-state index contributed by atoms with van der Waals surface area (Å²) >= 11 is 0. The average molecular weight is 219 g/mol. The number of benzene rings is 1. The molecule has 1 aromatic rings. The Hall–Kier alpha value is -1.93. The first kappa shape index (κ1) is 12.1. The zero-order valence-electron chi connectivity index (χ0n) is 9.48. The predicted octanol–water partition coefficient (Wildman–Crippen LogP) is 2.64. The molecular weight excluding hydrogens is 206 g/mol. The summed E-state index contributed by atoms with van der Waals surface area (Å²) in [5.41, 5.74) is 0.113. The van der Waals surface area contributed by atoms with E-state index in [1.165, 1.54) is 6.08 Å². The fourth-order valence-corrected chi connectivity index (χ4v) is 1.21. The van der Waals surface area contributed by atoms with E-state index in [1.54, 1.807) is 18.2 Å². The molecule has 0 unspecified atom stereocenters. The Bertz CT molecular complexity index is 440. The zero-order chi connectivity index (χ0) is 12.2. The van der Waals surface area contributed by atoms with E-state index in [0.717, 1.165) is 0 Å². The monoisotopic (exact) mass is 219 g/mol. The van der Waals surface area contributed by atoms with Crippen molar-refractivity contribution in [3.05, 3.63) is 23.8 Å². The van der Waals surface area contributed by atoms with E-state index >= 15 is 0 Å². The first-order chi connectivity index (χ1) is 7.48. The summed E-state index contributed by atoms with van der Waals surface area (Å²) in [5, 5.41) is 0. The van der Waals surface area contributed by atoms with Crippen LogP contribution in [-0.4, -0.2) is 18.0 Å². The molecule has 0 heterocycles. The molecule has 0 atom stereocenters. The summed E-state index contributed by atoms with van der Waals surface area (Å²) in [4.78, 5) is 24.6. The predicted molar refractivity (Wildman–Crippen MR) is 60.0 cm³/mol. The van der Waals surface area contributed by atoms with Crippen LogP contribution in [0.1, 0.15) is 31.1 Å². The van der Waals surface area contributed by atoms with E-state index in [9.17, 15) is 9.59 Å². The molecular formula is C12H13NO3. The lowest BCUT2D eigenvalue weighted by molar-refractivity contribution is 0.111. The van der Waals surface area contributed by atoms with Crippen molar-refractivity contribution >= 4 is 18.1 Å². The van der Waals surface area contributed by atoms with E-state index < -0.39 is 5.60 Å². The SMILES string of the molecule is CC(C)(C)Oc1cccc(C=O)c1N=C=O. The van der Waals surface area contributed by atoms with Gasteiger partial charge >= 0.3 is 0 Å². The maximum Gasteiger partial charge on any atom is 0.240 e. The number of para-hydroxylation sites is 1. The van der Waals surface area contributed by atoms with E-state index in [1.807, 2.05) is 20.8 Å². The third kappa shape index (κ3) is 3.04. The van der Waals surface area contributed by atoms with Gasteiger partial charge in [0.2, 0.25) is 6.08 Å². The Kier molecular flexibility index (Phi) is 3.59. The van der Waals surface area contributed by atoms with Crippen LogP contribution in [0, 0.1) is 0 Å². The van der Waals surface area contributed by atoms with Gasteiger partial charge in [-0.1, -0.05) is 6.07 Å². The van der Waals surface area contributed by atoms with Gasteiger partial charge in [0.05, 0.1) is 0 Å². The molecule has 1 rings (SSSR count). The van der Waals surface area contributed by atoms with Crippen LogP contribution in [0.25, 0.3) is 0 Å². The first-order valence-corrected chi connectivity index (χ1v) is 4.83. The van der Waals surface area contributed by atoms with Gasteiger partial charge in [-0.2, -0.15) is 4.99 Å². The summed E-state index contributed by atoms with van der Waals surface area (Å²) < 4.78 is 5.60. The van der Waals surface area contributed by atoms with Gasteiger partial charge in [0.15, 0.2) is 6.29 Å². The van der Waals surface area contributed by atoms with Crippen molar-refractivity contribution in [3.63, 3.8) is 0 Å². The minimum atomic E-state index is -0.422. The smallest absolute Gasteiger partial charge is 0.240 e. The number of carbonyl (C=O) groups excluding carboxylic acids is 2. The van der Waals surface area contributed by atoms with Crippen molar-refractivity contribution in [3.8, 4) is 5.75 Å². The minimum Gasteiger partial charge on any atom is -0.486 e. The lowest BCUT2D eigenvalue weighted by atomic mass is 10.1. The Labute approximate surface area is 94.0 Å². The fraction of sp³-hybridized carbons (Fsp3) is 0.333. The van der Waals surface area contributed by atoms with Crippen molar-refractivity contribution in [2.45, 2.75) is 26.4 Å². The van der Waals surface area contributed by atoms with Crippen molar-refractivity contribution in [2.24, 2.45) is 4.99 Å². The summed E-state index contributed by atoms with van der Waals surface area (Å²) in [6, 6.07) is 4.90. The van der Waals surface area contributed by atoms with Gasteiger partial charge in [-0.25, -0.2) is 4.79 Å². The van der Waals surface area contributed by atoms with Gasteiger partial charge in [-0.05, 0) is 32.9 Å². The van der Waals surface area contributed by atoms with Crippen molar-refractivity contribution in [1.82, 2.24) is 0 Å². The highest BCUT2D eigenvalue weighted by Gasteiger charge is 2.16. The maximum atomic E-state index is 10.8. The first-order valence-electron chi connectivity index (χ1n) is 4.83. The number of isocyanates is 1.